The van der Waals surface area contributed by atoms with E-state index in [1.165, 1.54) is 12.1 Å². The lowest BCUT2D eigenvalue weighted by Gasteiger charge is -2.10. The van der Waals surface area contributed by atoms with Crippen LogP contribution in [0.1, 0.15) is 5.56 Å². The molecule has 0 bridgehead atoms. The summed E-state index contributed by atoms with van der Waals surface area (Å²) in [5.74, 6) is -0.390. The molecule has 0 heterocycles. The molecule has 2 N–H and O–H groups in total. The molecule has 0 saturated carbocycles. The minimum atomic E-state index is -0.501. The summed E-state index contributed by atoms with van der Waals surface area (Å²) in [6.45, 7) is 0.0509. The third kappa shape index (κ3) is 4.59. The fourth-order valence-electron chi connectivity index (χ4n) is 1.61. The number of halogens is 4. The number of nitrogens with one attached hydrogen (secondary N) is 2. The van der Waals surface area contributed by atoms with Crippen LogP contribution in [0.3, 0.4) is 0 Å². The van der Waals surface area contributed by atoms with E-state index in [0.29, 0.717) is 21.3 Å². The van der Waals surface area contributed by atoms with Crippen molar-refractivity contribution in [1.82, 2.24) is 5.32 Å². The maximum Gasteiger partial charge on any atom is 0.319 e. The second kappa shape index (κ2) is 7.11. The number of anilines is 1. The second-order valence-corrected chi connectivity index (χ2v) is 5.93. The highest BCUT2D eigenvalue weighted by Gasteiger charge is 2.08. The molecule has 0 spiro atoms. The van der Waals surface area contributed by atoms with E-state index in [0.717, 1.165) is 4.47 Å². The molecule has 0 radical (unpaired) electrons. The Morgan fingerprint density at radius 2 is 1.95 bits per heavy atom. The maximum absolute atomic E-state index is 13.5. The van der Waals surface area contributed by atoms with Crippen molar-refractivity contribution in [3.63, 3.8) is 0 Å². The van der Waals surface area contributed by atoms with Gasteiger partial charge in [-0.25, -0.2) is 9.18 Å². The van der Waals surface area contributed by atoms with E-state index in [2.05, 4.69) is 26.6 Å². The highest BCUT2D eigenvalue weighted by atomic mass is 79.9. The fourth-order valence-corrected chi connectivity index (χ4v) is 2.36. The quantitative estimate of drug-likeness (QED) is 0.740. The molecule has 3 nitrogen and oxygen atoms in total. The highest BCUT2D eigenvalue weighted by Crippen LogP contribution is 2.25. The molecule has 0 unspecified atom stereocenters. The van der Waals surface area contributed by atoms with Crippen molar-refractivity contribution < 1.29 is 9.18 Å². The first-order valence-corrected chi connectivity index (χ1v) is 7.44. The van der Waals surface area contributed by atoms with Crippen LogP contribution in [-0.4, -0.2) is 6.03 Å². The van der Waals surface area contributed by atoms with Gasteiger partial charge in [-0.05, 0) is 36.4 Å². The van der Waals surface area contributed by atoms with Crippen LogP contribution in [0.15, 0.2) is 40.9 Å². The largest absolute Gasteiger partial charge is 0.334 e. The van der Waals surface area contributed by atoms with Crippen molar-refractivity contribution >= 4 is 50.9 Å². The summed E-state index contributed by atoms with van der Waals surface area (Å²) >= 11 is 15.0. The molecule has 110 valence electrons. The minimum absolute atomic E-state index is 0.0509. The molecule has 0 aliphatic rings. The first-order valence-electron chi connectivity index (χ1n) is 5.89. The zero-order valence-corrected chi connectivity index (χ0v) is 13.7. The van der Waals surface area contributed by atoms with Gasteiger partial charge in [-0.2, -0.15) is 0 Å². The molecule has 2 amide bonds. The zero-order valence-electron chi connectivity index (χ0n) is 10.6. The molecule has 2 rings (SSSR count). The number of carbonyl (C=O) groups excluding carboxylic acids is 1. The van der Waals surface area contributed by atoms with Crippen molar-refractivity contribution in [1.29, 1.82) is 0 Å². The van der Waals surface area contributed by atoms with Gasteiger partial charge in [-0.1, -0.05) is 39.1 Å². The van der Waals surface area contributed by atoms with Crippen molar-refractivity contribution in [3.05, 3.63) is 62.3 Å². The number of rotatable bonds is 3. The Morgan fingerprint density at radius 3 is 2.71 bits per heavy atom. The van der Waals surface area contributed by atoms with Gasteiger partial charge in [0.15, 0.2) is 0 Å². The summed E-state index contributed by atoms with van der Waals surface area (Å²) in [7, 11) is 0. The Morgan fingerprint density at radius 1 is 1.19 bits per heavy atom. The fraction of sp³-hybridized carbons (Fsp3) is 0.0714. The minimum Gasteiger partial charge on any atom is -0.334 e. The van der Waals surface area contributed by atoms with Crippen LogP contribution in [0.5, 0.6) is 0 Å². The monoisotopic (exact) mass is 390 g/mol. The molecule has 0 aliphatic carbocycles. The van der Waals surface area contributed by atoms with Gasteiger partial charge >= 0.3 is 6.03 Å². The van der Waals surface area contributed by atoms with Crippen LogP contribution in [0, 0.1) is 5.82 Å². The van der Waals surface area contributed by atoms with Gasteiger partial charge in [0.2, 0.25) is 0 Å². The van der Waals surface area contributed by atoms with Crippen LogP contribution >= 0.6 is 39.1 Å². The number of carbonyl (C=O) groups is 1. The third-order valence-corrected chi connectivity index (χ3v) is 3.68. The van der Waals surface area contributed by atoms with E-state index in [-0.39, 0.29) is 12.4 Å². The molecule has 0 saturated heterocycles. The Bertz CT molecular complexity index is 682. The predicted molar refractivity (Wildman–Crippen MR) is 86.4 cm³/mol. The Labute approximate surface area is 139 Å². The Kier molecular flexibility index (Phi) is 5.45. The molecule has 2 aromatic carbocycles. The van der Waals surface area contributed by atoms with Crippen LogP contribution in [0.4, 0.5) is 14.9 Å². The highest BCUT2D eigenvalue weighted by molar-refractivity contribution is 9.10. The van der Waals surface area contributed by atoms with Gasteiger partial charge in [-0.3, -0.25) is 0 Å². The van der Waals surface area contributed by atoms with E-state index in [1.807, 2.05) is 0 Å². The number of benzene rings is 2. The average Bonchev–Trinajstić information content (AvgIpc) is 2.44. The average molecular weight is 392 g/mol. The number of hydrogen-bond donors (Lipinski definition) is 2. The SMILES string of the molecule is O=C(NCc1cc(Br)ccc1F)Nc1cc(Cl)ccc1Cl. The molecule has 0 fully saturated rings. The van der Waals surface area contributed by atoms with Crippen molar-refractivity contribution in [2.45, 2.75) is 6.54 Å². The van der Waals surface area contributed by atoms with Gasteiger partial charge < -0.3 is 10.6 Å². The molecular formula is C14H10BrCl2FN2O. The third-order valence-electron chi connectivity index (χ3n) is 2.62. The zero-order chi connectivity index (χ0) is 15.4. The standard InChI is InChI=1S/C14H10BrCl2FN2O/c15-9-1-4-12(18)8(5-9)7-19-14(21)20-13-6-10(16)2-3-11(13)17/h1-6H,7H2,(H2,19,20,21). The molecule has 0 aliphatic heterocycles. The lowest BCUT2D eigenvalue weighted by atomic mass is 10.2. The van der Waals surface area contributed by atoms with Crippen molar-refractivity contribution in [3.8, 4) is 0 Å². The van der Waals surface area contributed by atoms with E-state index in [4.69, 9.17) is 23.2 Å². The summed E-state index contributed by atoms with van der Waals surface area (Å²) < 4.78 is 14.3. The normalized spacial score (nSPS) is 10.3. The number of amides is 2. The van der Waals surface area contributed by atoms with Crippen molar-refractivity contribution in [2.24, 2.45) is 0 Å². The smallest absolute Gasteiger partial charge is 0.319 e. The first-order chi connectivity index (χ1) is 9.95. The Hall–Kier alpha value is -1.30. The van der Waals surface area contributed by atoms with Gasteiger partial charge in [0.25, 0.3) is 0 Å². The summed E-state index contributed by atoms with van der Waals surface area (Å²) in [5, 5.41) is 5.92. The van der Waals surface area contributed by atoms with Crippen LogP contribution in [-0.2, 0) is 6.54 Å². The summed E-state index contributed by atoms with van der Waals surface area (Å²) in [5.41, 5.74) is 0.757. The van der Waals surface area contributed by atoms with Gasteiger partial charge in [-0.15, -0.1) is 0 Å². The van der Waals surface area contributed by atoms with Gasteiger partial charge in [0, 0.05) is 21.6 Å². The van der Waals surface area contributed by atoms with Gasteiger partial charge in [0.05, 0.1) is 10.7 Å². The predicted octanol–water partition coefficient (Wildman–Crippen LogP) is 5.22. The lowest BCUT2D eigenvalue weighted by molar-refractivity contribution is 0.251. The molecule has 0 aromatic heterocycles. The van der Waals surface area contributed by atoms with E-state index < -0.39 is 6.03 Å². The molecule has 0 atom stereocenters. The molecule has 21 heavy (non-hydrogen) atoms. The summed E-state index contributed by atoms with van der Waals surface area (Å²) in [4.78, 5) is 11.8. The number of urea groups is 1. The number of hydrogen-bond acceptors (Lipinski definition) is 1. The van der Waals surface area contributed by atoms with E-state index >= 15 is 0 Å². The first kappa shape index (κ1) is 16.1. The lowest BCUT2D eigenvalue weighted by Crippen LogP contribution is -2.28. The maximum atomic E-state index is 13.5. The van der Waals surface area contributed by atoms with Crippen LogP contribution < -0.4 is 10.6 Å². The summed E-state index contributed by atoms with van der Waals surface area (Å²) in [6.07, 6.45) is 0. The topological polar surface area (TPSA) is 41.1 Å². The van der Waals surface area contributed by atoms with E-state index in [1.54, 1.807) is 24.3 Å². The van der Waals surface area contributed by atoms with E-state index in [9.17, 15) is 9.18 Å². The summed E-state index contributed by atoms with van der Waals surface area (Å²) in [6, 6.07) is 8.73. The molecule has 2 aromatic rings. The van der Waals surface area contributed by atoms with Crippen LogP contribution in [0.25, 0.3) is 0 Å². The van der Waals surface area contributed by atoms with Crippen molar-refractivity contribution in [2.75, 3.05) is 5.32 Å². The van der Waals surface area contributed by atoms with Gasteiger partial charge in [0.1, 0.15) is 5.82 Å². The molecular weight excluding hydrogens is 382 g/mol. The second-order valence-electron chi connectivity index (χ2n) is 4.17. The van der Waals surface area contributed by atoms with Crippen LogP contribution in [0.2, 0.25) is 10.0 Å². The Balaban J connectivity index is 1.99. The molecule has 7 heteroatoms.